The number of amides is 1. The van der Waals surface area contributed by atoms with E-state index in [0.29, 0.717) is 11.3 Å². The third kappa shape index (κ3) is 2.03. The summed E-state index contributed by atoms with van der Waals surface area (Å²) in [7, 11) is 0. The highest BCUT2D eigenvalue weighted by Crippen LogP contribution is 2.31. The van der Waals surface area contributed by atoms with Crippen molar-refractivity contribution >= 4 is 17.6 Å². The fraction of sp³-hybridized carbons (Fsp3) is 0.0667. The Labute approximate surface area is 114 Å². The third-order valence-electron chi connectivity index (χ3n) is 3.06. The molecule has 1 aliphatic rings. The number of hydrogen-bond acceptors (Lipinski definition) is 3. The lowest BCUT2D eigenvalue weighted by Gasteiger charge is -2.13. The highest BCUT2D eigenvalue weighted by Gasteiger charge is 2.39. The van der Waals surface area contributed by atoms with E-state index in [1.165, 1.54) is 18.2 Å². The monoisotopic (exact) mass is 270 g/mol. The van der Waals surface area contributed by atoms with E-state index in [1.54, 1.807) is 30.3 Å². The number of nitrogens with zero attached hydrogens (tertiary/aromatic N) is 1. The molecule has 1 atom stereocenters. The number of nitrogens with one attached hydrogen (secondary N) is 1. The highest BCUT2D eigenvalue weighted by atomic mass is 19.1. The first kappa shape index (κ1) is 12.3. The van der Waals surface area contributed by atoms with Crippen LogP contribution < -0.4 is 4.90 Å². The molecule has 4 nitrogen and oxygen atoms in total. The Morgan fingerprint density at radius 2 is 1.85 bits per heavy atom. The minimum Gasteiger partial charge on any atom is -0.432 e. The zero-order valence-corrected chi connectivity index (χ0v) is 10.4. The molecule has 0 bridgehead atoms. The van der Waals surface area contributed by atoms with Crippen molar-refractivity contribution in [3.8, 4) is 0 Å². The number of anilines is 1. The summed E-state index contributed by atoms with van der Waals surface area (Å²) in [5, 5.41) is 8.10. The summed E-state index contributed by atoms with van der Waals surface area (Å²) >= 11 is 0. The average Bonchev–Trinajstić information content (AvgIpc) is 2.75. The molecule has 20 heavy (non-hydrogen) atoms. The van der Waals surface area contributed by atoms with E-state index in [2.05, 4.69) is 0 Å². The molecule has 0 saturated carbocycles. The second-order valence-corrected chi connectivity index (χ2v) is 4.38. The minimum atomic E-state index is -0.757. The van der Waals surface area contributed by atoms with Crippen molar-refractivity contribution in [2.75, 3.05) is 4.90 Å². The normalized spacial score (nSPS) is 18.2. The number of amidine groups is 1. The van der Waals surface area contributed by atoms with Gasteiger partial charge in [0.1, 0.15) is 5.82 Å². The van der Waals surface area contributed by atoms with Crippen LogP contribution in [0.3, 0.4) is 0 Å². The second kappa shape index (κ2) is 4.77. The Bertz CT molecular complexity index is 673. The average molecular weight is 270 g/mol. The molecule has 1 unspecified atom stereocenters. The van der Waals surface area contributed by atoms with Crippen LogP contribution in [-0.2, 0) is 4.74 Å². The summed E-state index contributed by atoms with van der Waals surface area (Å²) < 4.78 is 18.5. The van der Waals surface area contributed by atoms with Crippen molar-refractivity contribution in [2.24, 2.45) is 0 Å². The zero-order valence-electron chi connectivity index (χ0n) is 10.4. The van der Waals surface area contributed by atoms with Crippen LogP contribution in [0.2, 0.25) is 0 Å². The topological polar surface area (TPSA) is 53.4 Å². The largest absolute Gasteiger partial charge is 0.432 e. The van der Waals surface area contributed by atoms with E-state index in [1.807, 2.05) is 6.07 Å². The number of cyclic esters (lactones) is 1. The third-order valence-corrected chi connectivity index (χ3v) is 3.06. The van der Waals surface area contributed by atoms with Gasteiger partial charge in [0, 0.05) is 5.56 Å². The van der Waals surface area contributed by atoms with Gasteiger partial charge in [-0.05, 0) is 18.2 Å². The lowest BCUT2D eigenvalue weighted by atomic mass is 10.1. The molecule has 1 saturated heterocycles. The first-order valence-corrected chi connectivity index (χ1v) is 6.06. The van der Waals surface area contributed by atoms with Gasteiger partial charge in [0.15, 0.2) is 11.9 Å². The van der Waals surface area contributed by atoms with Crippen LogP contribution in [0.4, 0.5) is 14.9 Å². The van der Waals surface area contributed by atoms with Crippen LogP contribution in [-0.4, -0.2) is 11.9 Å². The molecule has 1 amide bonds. The van der Waals surface area contributed by atoms with Gasteiger partial charge in [0.25, 0.3) is 0 Å². The fourth-order valence-corrected chi connectivity index (χ4v) is 2.14. The molecule has 1 heterocycles. The van der Waals surface area contributed by atoms with E-state index in [4.69, 9.17) is 10.1 Å². The van der Waals surface area contributed by atoms with Crippen LogP contribution in [0.15, 0.2) is 54.6 Å². The molecule has 100 valence electrons. The summed E-state index contributed by atoms with van der Waals surface area (Å²) in [6.45, 7) is 0. The van der Waals surface area contributed by atoms with Crippen molar-refractivity contribution in [1.82, 2.24) is 0 Å². The van der Waals surface area contributed by atoms with Gasteiger partial charge in [-0.25, -0.2) is 14.1 Å². The molecule has 1 fully saturated rings. The van der Waals surface area contributed by atoms with Gasteiger partial charge in [-0.15, -0.1) is 0 Å². The minimum absolute atomic E-state index is 0.0215. The molecule has 0 aromatic heterocycles. The predicted octanol–water partition coefficient (Wildman–Crippen LogP) is 3.50. The van der Waals surface area contributed by atoms with Crippen LogP contribution in [0.5, 0.6) is 0 Å². The Morgan fingerprint density at radius 1 is 1.10 bits per heavy atom. The molecule has 3 rings (SSSR count). The molecule has 2 aromatic rings. The number of benzene rings is 2. The molecule has 0 spiro atoms. The summed E-state index contributed by atoms with van der Waals surface area (Å²) in [6, 6.07) is 14.5. The molecule has 0 radical (unpaired) electrons. The standard InChI is InChI=1S/C15H11FN2O2/c16-11-7-4-8-12(9-11)18-14(17)13(20-15(18)19)10-5-2-1-3-6-10/h1-9,13,17H. The van der Waals surface area contributed by atoms with Gasteiger partial charge in [-0.3, -0.25) is 5.41 Å². The van der Waals surface area contributed by atoms with Crippen molar-refractivity contribution < 1.29 is 13.9 Å². The van der Waals surface area contributed by atoms with Gasteiger partial charge in [-0.1, -0.05) is 36.4 Å². The Morgan fingerprint density at radius 3 is 2.55 bits per heavy atom. The van der Waals surface area contributed by atoms with Gasteiger partial charge in [0.05, 0.1) is 5.69 Å². The second-order valence-electron chi connectivity index (χ2n) is 4.38. The van der Waals surface area contributed by atoms with Crippen LogP contribution >= 0.6 is 0 Å². The van der Waals surface area contributed by atoms with E-state index in [0.717, 1.165) is 4.90 Å². The number of hydrogen-bond donors (Lipinski definition) is 1. The molecular weight excluding hydrogens is 259 g/mol. The van der Waals surface area contributed by atoms with Crippen LogP contribution in [0.1, 0.15) is 11.7 Å². The summed E-state index contributed by atoms with van der Waals surface area (Å²) in [6.07, 6.45) is -1.43. The summed E-state index contributed by atoms with van der Waals surface area (Å²) in [5.74, 6) is -0.488. The van der Waals surface area contributed by atoms with E-state index in [-0.39, 0.29) is 5.84 Å². The van der Waals surface area contributed by atoms with Crippen LogP contribution in [0.25, 0.3) is 0 Å². The Kier molecular flexibility index (Phi) is 2.95. The van der Waals surface area contributed by atoms with E-state index in [9.17, 15) is 9.18 Å². The Hall–Kier alpha value is -2.69. The SMILES string of the molecule is N=C1C(c2ccccc2)OC(=O)N1c1cccc(F)c1. The zero-order chi connectivity index (χ0) is 14.1. The van der Waals surface area contributed by atoms with Gasteiger partial charge in [0.2, 0.25) is 0 Å². The molecule has 0 aliphatic carbocycles. The molecule has 5 heteroatoms. The molecule has 1 aliphatic heterocycles. The van der Waals surface area contributed by atoms with Gasteiger partial charge >= 0.3 is 6.09 Å². The maximum absolute atomic E-state index is 13.2. The van der Waals surface area contributed by atoms with Gasteiger partial charge < -0.3 is 4.74 Å². The van der Waals surface area contributed by atoms with E-state index >= 15 is 0 Å². The highest BCUT2D eigenvalue weighted by molar-refractivity contribution is 6.19. The first-order valence-electron chi connectivity index (χ1n) is 6.06. The van der Waals surface area contributed by atoms with Crippen LogP contribution in [0, 0.1) is 11.2 Å². The van der Waals surface area contributed by atoms with Crippen molar-refractivity contribution in [1.29, 1.82) is 5.41 Å². The summed E-state index contributed by atoms with van der Waals surface area (Å²) in [4.78, 5) is 13.0. The van der Waals surface area contributed by atoms with Crippen molar-refractivity contribution in [3.63, 3.8) is 0 Å². The number of carbonyl (C=O) groups is 1. The lowest BCUT2D eigenvalue weighted by molar-refractivity contribution is 0.152. The summed E-state index contributed by atoms with van der Waals surface area (Å²) in [5.41, 5.74) is 1.00. The smallest absolute Gasteiger partial charge is 0.421 e. The first-order chi connectivity index (χ1) is 9.66. The van der Waals surface area contributed by atoms with Crippen molar-refractivity contribution in [3.05, 3.63) is 66.0 Å². The number of halogens is 1. The maximum atomic E-state index is 13.2. The quantitative estimate of drug-likeness (QED) is 0.908. The van der Waals surface area contributed by atoms with Gasteiger partial charge in [-0.2, -0.15) is 0 Å². The van der Waals surface area contributed by atoms with Crippen molar-refractivity contribution in [2.45, 2.75) is 6.10 Å². The molecule has 2 aromatic carbocycles. The lowest BCUT2D eigenvalue weighted by Crippen LogP contribution is -2.28. The molecule has 1 N–H and O–H groups in total. The Balaban J connectivity index is 1.95. The molecular formula is C15H11FN2O2. The fourth-order valence-electron chi connectivity index (χ4n) is 2.14. The number of rotatable bonds is 2. The predicted molar refractivity (Wildman–Crippen MR) is 72.3 cm³/mol. The number of ether oxygens (including phenoxy) is 1. The van der Waals surface area contributed by atoms with E-state index < -0.39 is 18.0 Å². The number of carbonyl (C=O) groups excluding carboxylic acids is 1. The maximum Gasteiger partial charge on any atom is 0.421 e.